The number of nitrogens with one attached hydrogen (secondary N) is 1. The van der Waals surface area contributed by atoms with Gasteiger partial charge in [0.05, 0.1) is 11.4 Å². The largest absolute Gasteiger partial charge is 0.323 e. The van der Waals surface area contributed by atoms with E-state index in [4.69, 9.17) is 0 Å². The van der Waals surface area contributed by atoms with E-state index in [0.29, 0.717) is 11.2 Å². The first-order valence-electron chi connectivity index (χ1n) is 6.40. The molecule has 0 spiro atoms. The molecule has 21 heavy (non-hydrogen) atoms. The van der Waals surface area contributed by atoms with Gasteiger partial charge in [0.1, 0.15) is 18.0 Å². The fourth-order valence-corrected chi connectivity index (χ4v) is 2.63. The van der Waals surface area contributed by atoms with Gasteiger partial charge in [-0.25, -0.2) is 8.78 Å². The quantitative estimate of drug-likeness (QED) is 0.863. The highest BCUT2D eigenvalue weighted by Crippen LogP contribution is 2.37. The van der Waals surface area contributed by atoms with E-state index in [1.165, 1.54) is 11.8 Å². The van der Waals surface area contributed by atoms with Crippen LogP contribution in [-0.2, 0) is 4.79 Å². The predicted molar refractivity (Wildman–Crippen MR) is 74.0 cm³/mol. The number of rotatable bonds is 5. The van der Waals surface area contributed by atoms with Crippen LogP contribution in [0.4, 0.5) is 14.5 Å². The summed E-state index contributed by atoms with van der Waals surface area (Å²) in [6.07, 6.45) is 3.82. The predicted octanol–water partition coefficient (Wildman–Crippen LogP) is 2.62. The molecule has 0 bridgehead atoms. The van der Waals surface area contributed by atoms with Crippen LogP contribution in [0, 0.1) is 11.6 Å². The molecule has 2 aromatic rings. The molecule has 0 radical (unpaired) electrons. The summed E-state index contributed by atoms with van der Waals surface area (Å²) in [5, 5.41) is 10.8. The Bertz CT molecular complexity index is 672. The van der Waals surface area contributed by atoms with E-state index in [1.54, 1.807) is 6.33 Å². The van der Waals surface area contributed by atoms with Crippen molar-refractivity contribution in [2.24, 2.45) is 0 Å². The minimum absolute atomic E-state index is 0.0569. The first-order valence-corrected chi connectivity index (χ1v) is 7.39. The second kappa shape index (κ2) is 5.80. The number of halogens is 2. The van der Waals surface area contributed by atoms with Crippen LogP contribution in [0.5, 0.6) is 0 Å². The maximum atomic E-state index is 13.4. The fourth-order valence-electron chi connectivity index (χ4n) is 1.85. The van der Waals surface area contributed by atoms with Gasteiger partial charge in [0, 0.05) is 12.1 Å². The molecule has 0 aliphatic heterocycles. The van der Waals surface area contributed by atoms with Crippen molar-refractivity contribution in [2.75, 3.05) is 11.1 Å². The van der Waals surface area contributed by atoms with Crippen LogP contribution >= 0.6 is 11.8 Å². The van der Waals surface area contributed by atoms with Gasteiger partial charge in [-0.05, 0) is 25.0 Å². The molecule has 1 amide bonds. The third-order valence-electron chi connectivity index (χ3n) is 3.02. The molecule has 1 N–H and O–H groups in total. The average molecular weight is 310 g/mol. The average Bonchev–Trinajstić information content (AvgIpc) is 3.19. The van der Waals surface area contributed by atoms with Crippen LogP contribution in [0.25, 0.3) is 0 Å². The van der Waals surface area contributed by atoms with Crippen molar-refractivity contribution in [1.29, 1.82) is 0 Å². The zero-order valence-electron chi connectivity index (χ0n) is 10.9. The number of hydrogen-bond donors (Lipinski definition) is 1. The maximum Gasteiger partial charge on any atom is 0.234 e. The van der Waals surface area contributed by atoms with Crippen LogP contribution in [-0.4, -0.2) is 26.4 Å². The number of nitrogens with zero attached hydrogens (tertiary/aromatic N) is 3. The Morgan fingerprint density at radius 1 is 1.43 bits per heavy atom. The van der Waals surface area contributed by atoms with Crippen molar-refractivity contribution in [2.45, 2.75) is 24.0 Å². The van der Waals surface area contributed by atoms with Crippen molar-refractivity contribution in [1.82, 2.24) is 14.8 Å². The third-order valence-corrected chi connectivity index (χ3v) is 3.97. The van der Waals surface area contributed by atoms with Crippen molar-refractivity contribution in [3.63, 3.8) is 0 Å². The second-order valence-corrected chi connectivity index (χ2v) is 5.66. The summed E-state index contributed by atoms with van der Waals surface area (Å²) in [4.78, 5) is 11.8. The Kier molecular flexibility index (Phi) is 3.87. The maximum absolute atomic E-state index is 13.4. The number of aromatic nitrogens is 3. The standard InChI is InChI=1S/C13H12F2N4OS/c14-8-1-4-10(15)11(5-8)17-12(20)6-21-13-18-16-7-19(13)9-2-3-9/h1,4-5,7,9H,2-3,6H2,(H,17,20). The lowest BCUT2D eigenvalue weighted by Gasteiger charge is -2.07. The van der Waals surface area contributed by atoms with Crippen molar-refractivity contribution in [3.8, 4) is 0 Å². The van der Waals surface area contributed by atoms with Crippen molar-refractivity contribution < 1.29 is 13.6 Å². The molecule has 1 fully saturated rings. The molecule has 0 atom stereocenters. The lowest BCUT2D eigenvalue weighted by molar-refractivity contribution is -0.113. The van der Waals surface area contributed by atoms with Gasteiger partial charge in [0.25, 0.3) is 0 Å². The van der Waals surface area contributed by atoms with Gasteiger partial charge in [-0.15, -0.1) is 10.2 Å². The Balaban J connectivity index is 1.59. The molecule has 3 rings (SSSR count). The molecular weight excluding hydrogens is 298 g/mol. The molecule has 0 unspecified atom stereocenters. The summed E-state index contributed by atoms with van der Waals surface area (Å²) < 4.78 is 28.3. The van der Waals surface area contributed by atoms with E-state index in [2.05, 4.69) is 15.5 Å². The SMILES string of the molecule is O=C(CSc1nncn1C1CC1)Nc1cc(F)ccc1F. The van der Waals surface area contributed by atoms with Gasteiger partial charge in [-0.1, -0.05) is 11.8 Å². The van der Waals surface area contributed by atoms with Gasteiger partial charge >= 0.3 is 0 Å². The fraction of sp³-hybridized carbons (Fsp3) is 0.308. The minimum atomic E-state index is -0.670. The zero-order chi connectivity index (χ0) is 14.8. The molecule has 1 heterocycles. The summed E-state index contributed by atoms with van der Waals surface area (Å²) in [6.45, 7) is 0. The number of benzene rings is 1. The highest BCUT2D eigenvalue weighted by atomic mass is 32.2. The van der Waals surface area contributed by atoms with E-state index in [0.717, 1.165) is 31.0 Å². The minimum Gasteiger partial charge on any atom is -0.323 e. The lowest BCUT2D eigenvalue weighted by atomic mass is 10.3. The zero-order valence-corrected chi connectivity index (χ0v) is 11.7. The summed E-state index contributed by atoms with van der Waals surface area (Å²) in [5.74, 6) is -1.64. The van der Waals surface area contributed by atoms with Gasteiger partial charge in [0.2, 0.25) is 5.91 Å². The molecule has 8 heteroatoms. The van der Waals surface area contributed by atoms with E-state index in [-0.39, 0.29) is 11.4 Å². The number of carbonyl (C=O) groups excluding carboxylic acids is 1. The topological polar surface area (TPSA) is 59.8 Å². The van der Waals surface area contributed by atoms with E-state index < -0.39 is 17.5 Å². The Morgan fingerprint density at radius 2 is 2.24 bits per heavy atom. The molecule has 1 aromatic heterocycles. The normalized spacial score (nSPS) is 14.2. The first kappa shape index (κ1) is 14.0. The van der Waals surface area contributed by atoms with E-state index >= 15 is 0 Å². The Morgan fingerprint density at radius 3 is 3.00 bits per heavy atom. The molecule has 0 saturated heterocycles. The number of thioether (sulfide) groups is 1. The van der Waals surface area contributed by atoms with Gasteiger partial charge in [-0.2, -0.15) is 0 Å². The number of amides is 1. The number of carbonyl (C=O) groups is 1. The second-order valence-electron chi connectivity index (χ2n) is 4.71. The van der Waals surface area contributed by atoms with E-state index in [9.17, 15) is 13.6 Å². The molecule has 1 saturated carbocycles. The molecular formula is C13H12F2N4OS. The highest BCUT2D eigenvalue weighted by Gasteiger charge is 2.26. The Hall–Kier alpha value is -1.96. The number of hydrogen-bond acceptors (Lipinski definition) is 4. The summed E-state index contributed by atoms with van der Waals surface area (Å²) >= 11 is 1.22. The van der Waals surface area contributed by atoms with Crippen LogP contribution in [0.1, 0.15) is 18.9 Å². The van der Waals surface area contributed by atoms with Gasteiger partial charge < -0.3 is 9.88 Å². The van der Waals surface area contributed by atoms with Gasteiger partial charge in [0.15, 0.2) is 5.16 Å². The summed E-state index contributed by atoms with van der Waals surface area (Å²) in [5.41, 5.74) is -0.163. The highest BCUT2D eigenvalue weighted by molar-refractivity contribution is 7.99. The van der Waals surface area contributed by atoms with Crippen LogP contribution in [0.2, 0.25) is 0 Å². The monoisotopic (exact) mass is 310 g/mol. The third kappa shape index (κ3) is 3.38. The van der Waals surface area contributed by atoms with Crippen LogP contribution in [0.15, 0.2) is 29.7 Å². The smallest absolute Gasteiger partial charge is 0.234 e. The molecule has 1 aromatic carbocycles. The Labute approximate surface area is 123 Å². The molecule has 1 aliphatic rings. The first-order chi connectivity index (χ1) is 10.1. The van der Waals surface area contributed by atoms with Crippen molar-refractivity contribution in [3.05, 3.63) is 36.2 Å². The van der Waals surface area contributed by atoms with Gasteiger partial charge in [-0.3, -0.25) is 4.79 Å². The summed E-state index contributed by atoms with van der Waals surface area (Å²) in [7, 11) is 0. The van der Waals surface area contributed by atoms with E-state index in [1.807, 2.05) is 4.57 Å². The van der Waals surface area contributed by atoms with Crippen LogP contribution < -0.4 is 5.32 Å². The lowest BCUT2D eigenvalue weighted by Crippen LogP contribution is -2.15. The molecule has 1 aliphatic carbocycles. The molecule has 5 nitrogen and oxygen atoms in total. The molecule has 110 valence electrons. The van der Waals surface area contributed by atoms with Crippen molar-refractivity contribution >= 4 is 23.4 Å². The number of anilines is 1. The van der Waals surface area contributed by atoms with Crippen LogP contribution in [0.3, 0.4) is 0 Å². The summed E-state index contributed by atoms with van der Waals surface area (Å²) in [6, 6.07) is 3.34.